The van der Waals surface area contributed by atoms with Crippen molar-refractivity contribution >= 4 is 5.82 Å². The Balaban J connectivity index is 1.86. The van der Waals surface area contributed by atoms with Crippen molar-refractivity contribution in [3.8, 4) is 5.75 Å². The van der Waals surface area contributed by atoms with E-state index in [1.807, 2.05) is 18.3 Å². The van der Waals surface area contributed by atoms with Crippen LogP contribution in [0.2, 0.25) is 0 Å². The molecule has 2 aliphatic rings. The van der Waals surface area contributed by atoms with Gasteiger partial charge in [0.2, 0.25) is 0 Å². The Morgan fingerprint density at radius 1 is 1.39 bits per heavy atom. The fourth-order valence-corrected chi connectivity index (χ4v) is 2.89. The number of anilines is 1. The summed E-state index contributed by atoms with van der Waals surface area (Å²) < 4.78 is 5.81. The average Bonchev–Trinajstić information content (AvgIpc) is 2.57. The lowest BCUT2D eigenvalue weighted by molar-refractivity contribution is 0.172. The highest BCUT2D eigenvalue weighted by molar-refractivity contribution is 5.54. The fraction of sp³-hybridized carbons (Fsp3) is 0.643. The number of pyridine rings is 1. The predicted octanol–water partition coefficient (Wildman–Crippen LogP) is 1.76. The maximum absolute atomic E-state index is 5.81. The number of fused-ring (bicyclic) bond motifs is 3. The predicted molar refractivity (Wildman–Crippen MR) is 72.2 cm³/mol. The lowest BCUT2D eigenvalue weighted by atomic mass is 10.1. The molecule has 1 atom stereocenters. The third kappa shape index (κ3) is 2.05. The van der Waals surface area contributed by atoms with Crippen molar-refractivity contribution in [2.24, 2.45) is 0 Å². The molecule has 0 unspecified atom stereocenters. The Morgan fingerprint density at radius 3 is 3.11 bits per heavy atom. The summed E-state index contributed by atoms with van der Waals surface area (Å²) in [5.74, 6) is 1.97. The van der Waals surface area contributed by atoms with Gasteiger partial charge in [-0.2, -0.15) is 0 Å². The molecule has 18 heavy (non-hydrogen) atoms. The molecule has 4 nitrogen and oxygen atoms in total. The van der Waals surface area contributed by atoms with Crippen LogP contribution in [0, 0.1) is 0 Å². The summed E-state index contributed by atoms with van der Waals surface area (Å²) in [5.41, 5.74) is 0. The summed E-state index contributed by atoms with van der Waals surface area (Å²) in [6.07, 6.45) is 2.94. The molecule has 0 saturated carbocycles. The van der Waals surface area contributed by atoms with Crippen molar-refractivity contribution in [1.29, 1.82) is 0 Å². The molecule has 1 aromatic heterocycles. The van der Waals surface area contributed by atoms with Crippen molar-refractivity contribution in [1.82, 2.24) is 9.88 Å². The molecule has 98 valence electrons. The van der Waals surface area contributed by atoms with Crippen LogP contribution in [0.25, 0.3) is 0 Å². The van der Waals surface area contributed by atoms with E-state index in [1.54, 1.807) is 0 Å². The van der Waals surface area contributed by atoms with Crippen LogP contribution in [0.15, 0.2) is 18.3 Å². The smallest absolute Gasteiger partial charge is 0.171 e. The molecule has 1 aromatic rings. The van der Waals surface area contributed by atoms with Gasteiger partial charge in [-0.25, -0.2) is 4.98 Å². The van der Waals surface area contributed by atoms with Crippen LogP contribution < -0.4 is 9.64 Å². The molecule has 0 N–H and O–H groups in total. The minimum Gasteiger partial charge on any atom is -0.490 e. The van der Waals surface area contributed by atoms with Gasteiger partial charge in [-0.3, -0.25) is 4.90 Å². The lowest BCUT2D eigenvalue weighted by Gasteiger charge is -2.42. The van der Waals surface area contributed by atoms with Gasteiger partial charge < -0.3 is 9.64 Å². The number of ether oxygens (including phenoxy) is 1. The first-order chi connectivity index (χ1) is 8.75. The molecule has 1 saturated heterocycles. The summed E-state index contributed by atoms with van der Waals surface area (Å²) in [4.78, 5) is 9.50. The zero-order chi connectivity index (χ0) is 12.5. The fourth-order valence-electron chi connectivity index (χ4n) is 2.89. The van der Waals surface area contributed by atoms with E-state index in [2.05, 4.69) is 28.6 Å². The largest absolute Gasteiger partial charge is 0.490 e. The SMILES string of the molecule is CC(C)N1CCN2c3ncccc3OCC[C@H]2C1. The van der Waals surface area contributed by atoms with E-state index in [-0.39, 0.29) is 0 Å². The second-order valence-corrected chi connectivity index (χ2v) is 5.40. The van der Waals surface area contributed by atoms with E-state index in [0.717, 1.165) is 44.2 Å². The molecule has 0 amide bonds. The Bertz CT molecular complexity index is 421. The van der Waals surface area contributed by atoms with Crippen molar-refractivity contribution in [3.63, 3.8) is 0 Å². The third-order valence-electron chi connectivity index (χ3n) is 3.98. The number of hydrogen-bond donors (Lipinski definition) is 0. The molecule has 2 aliphatic heterocycles. The summed E-state index contributed by atoms with van der Waals surface area (Å²) in [6.45, 7) is 8.63. The quantitative estimate of drug-likeness (QED) is 0.756. The number of aromatic nitrogens is 1. The minimum absolute atomic E-state index is 0.539. The van der Waals surface area contributed by atoms with Gasteiger partial charge >= 0.3 is 0 Å². The van der Waals surface area contributed by atoms with Crippen LogP contribution in [0.5, 0.6) is 5.75 Å². The normalized spacial score (nSPS) is 24.2. The van der Waals surface area contributed by atoms with Crippen molar-refractivity contribution < 1.29 is 4.74 Å². The molecule has 0 spiro atoms. The first-order valence-corrected chi connectivity index (χ1v) is 6.84. The van der Waals surface area contributed by atoms with Gasteiger partial charge in [-0.05, 0) is 26.0 Å². The van der Waals surface area contributed by atoms with Crippen molar-refractivity contribution in [2.75, 3.05) is 31.1 Å². The molecule has 3 rings (SSSR count). The zero-order valence-electron chi connectivity index (χ0n) is 11.2. The number of rotatable bonds is 1. The molecule has 4 heteroatoms. The Labute approximate surface area is 109 Å². The Morgan fingerprint density at radius 2 is 2.28 bits per heavy atom. The van der Waals surface area contributed by atoms with Gasteiger partial charge in [-0.1, -0.05) is 0 Å². The monoisotopic (exact) mass is 247 g/mol. The highest BCUT2D eigenvalue weighted by atomic mass is 16.5. The van der Waals surface area contributed by atoms with E-state index in [4.69, 9.17) is 4.74 Å². The molecule has 0 bridgehead atoms. The van der Waals surface area contributed by atoms with Gasteiger partial charge in [-0.15, -0.1) is 0 Å². The molecular weight excluding hydrogens is 226 g/mol. The second kappa shape index (κ2) is 4.76. The summed E-state index contributed by atoms with van der Waals surface area (Å²) in [5, 5.41) is 0. The van der Waals surface area contributed by atoms with Crippen molar-refractivity contribution in [2.45, 2.75) is 32.4 Å². The number of nitrogens with zero attached hydrogens (tertiary/aromatic N) is 3. The summed E-state index contributed by atoms with van der Waals surface area (Å²) in [7, 11) is 0. The topological polar surface area (TPSA) is 28.6 Å². The third-order valence-corrected chi connectivity index (χ3v) is 3.98. The van der Waals surface area contributed by atoms with Crippen LogP contribution in [-0.2, 0) is 0 Å². The van der Waals surface area contributed by atoms with Crippen LogP contribution in [0.4, 0.5) is 5.82 Å². The van der Waals surface area contributed by atoms with E-state index in [9.17, 15) is 0 Å². The number of hydrogen-bond acceptors (Lipinski definition) is 4. The van der Waals surface area contributed by atoms with E-state index in [1.165, 1.54) is 0 Å². The van der Waals surface area contributed by atoms with Crippen LogP contribution in [-0.4, -0.2) is 48.2 Å². The highest BCUT2D eigenvalue weighted by Crippen LogP contribution is 2.32. The molecular formula is C14H21N3O. The van der Waals surface area contributed by atoms with Crippen LogP contribution >= 0.6 is 0 Å². The second-order valence-electron chi connectivity index (χ2n) is 5.40. The first-order valence-electron chi connectivity index (χ1n) is 6.84. The molecule has 0 radical (unpaired) electrons. The average molecular weight is 247 g/mol. The molecule has 1 fully saturated rings. The van der Waals surface area contributed by atoms with Gasteiger partial charge in [0.15, 0.2) is 11.6 Å². The zero-order valence-corrected chi connectivity index (χ0v) is 11.2. The van der Waals surface area contributed by atoms with Gasteiger partial charge in [0.1, 0.15) is 0 Å². The van der Waals surface area contributed by atoms with E-state index < -0.39 is 0 Å². The van der Waals surface area contributed by atoms with E-state index >= 15 is 0 Å². The van der Waals surface area contributed by atoms with Crippen LogP contribution in [0.3, 0.4) is 0 Å². The number of piperazine rings is 1. The van der Waals surface area contributed by atoms with Gasteiger partial charge in [0.25, 0.3) is 0 Å². The van der Waals surface area contributed by atoms with Gasteiger partial charge in [0, 0.05) is 44.3 Å². The summed E-state index contributed by atoms with van der Waals surface area (Å²) in [6, 6.07) is 5.14. The van der Waals surface area contributed by atoms with Gasteiger partial charge in [0.05, 0.1) is 6.61 Å². The Hall–Kier alpha value is -1.29. The molecule has 0 aliphatic carbocycles. The summed E-state index contributed by atoms with van der Waals surface area (Å²) >= 11 is 0. The van der Waals surface area contributed by atoms with E-state index in [0.29, 0.717) is 12.1 Å². The molecule has 0 aromatic carbocycles. The first kappa shape index (κ1) is 11.8. The van der Waals surface area contributed by atoms with Crippen molar-refractivity contribution in [3.05, 3.63) is 18.3 Å². The highest BCUT2D eigenvalue weighted by Gasteiger charge is 2.32. The maximum Gasteiger partial charge on any atom is 0.171 e. The maximum atomic E-state index is 5.81. The lowest BCUT2D eigenvalue weighted by Crippen LogP contribution is -2.55. The standard InChI is InChI=1S/C14H21N3O/c1-11(2)16-7-8-17-12(10-16)5-9-18-13-4-3-6-15-14(13)17/h3-4,6,11-12H,5,7-10H2,1-2H3/t12-/m0/s1. The van der Waals surface area contributed by atoms with Crippen LogP contribution in [0.1, 0.15) is 20.3 Å². The Kier molecular flexibility index (Phi) is 3.12. The minimum atomic E-state index is 0.539. The molecule has 3 heterocycles.